The Balaban J connectivity index is 1.65. The van der Waals surface area contributed by atoms with Crippen LogP contribution in [0.3, 0.4) is 0 Å². The Bertz CT molecular complexity index is 681. The molecule has 1 aromatic rings. The maximum Gasteiger partial charge on any atom is 0.352 e. The topological polar surface area (TPSA) is 85.9 Å². The molecule has 2 saturated heterocycles. The van der Waals surface area contributed by atoms with E-state index in [4.69, 9.17) is 4.74 Å². The number of H-pyrrole nitrogens is 1. The molecule has 2 aliphatic rings. The number of nitrogens with one attached hydrogen (secondary N) is 1. The summed E-state index contributed by atoms with van der Waals surface area (Å²) >= 11 is 0. The van der Waals surface area contributed by atoms with Crippen LogP contribution < -0.4 is 0 Å². The second-order valence-corrected chi connectivity index (χ2v) is 7.66. The maximum atomic E-state index is 12.9. The number of carbonyl (C=O) groups excluding carboxylic acids is 1. The highest BCUT2D eigenvalue weighted by atomic mass is 16.5. The third-order valence-corrected chi connectivity index (χ3v) is 5.58. The molecule has 144 valence electrons. The number of carboxylic acids is 1. The van der Waals surface area contributed by atoms with E-state index in [1.165, 1.54) is 0 Å². The molecule has 0 saturated carbocycles. The Morgan fingerprint density at radius 3 is 2.19 bits per heavy atom. The fourth-order valence-corrected chi connectivity index (χ4v) is 4.39. The monoisotopic (exact) mass is 363 g/mol. The first-order valence-electron chi connectivity index (χ1n) is 9.39. The highest BCUT2D eigenvalue weighted by molar-refractivity contribution is 6.00. The number of rotatable bonds is 3. The van der Waals surface area contributed by atoms with Crippen molar-refractivity contribution in [2.45, 2.75) is 58.8 Å². The molecule has 3 rings (SSSR count). The summed E-state index contributed by atoms with van der Waals surface area (Å²) in [7, 11) is 0. The van der Waals surface area contributed by atoms with Gasteiger partial charge in [-0.05, 0) is 46.1 Å². The van der Waals surface area contributed by atoms with Crippen LogP contribution in [0.5, 0.6) is 0 Å². The molecule has 0 radical (unpaired) electrons. The molecule has 3 heterocycles. The third-order valence-electron chi connectivity index (χ3n) is 5.58. The zero-order valence-electron chi connectivity index (χ0n) is 16.0. The lowest BCUT2D eigenvalue weighted by molar-refractivity contribution is -0.0856. The zero-order valence-corrected chi connectivity index (χ0v) is 16.0. The van der Waals surface area contributed by atoms with E-state index >= 15 is 0 Å². The molecule has 0 aromatic carbocycles. The number of hydrogen-bond donors (Lipinski definition) is 2. The van der Waals surface area contributed by atoms with E-state index in [2.05, 4.69) is 23.7 Å². The summed E-state index contributed by atoms with van der Waals surface area (Å²) in [5.41, 5.74) is 1.77. The van der Waals surface area contributed by atoms with Crippen molar-refractivity contribution in [3.63, 3.8) is 0 Å². The van der Waals surface area contributed by atoms with Gasteiger partial charge in [0.1, 0.15) is 5.69 Å². The highest BCUT2D eigenvalue weighted by Gasteiger charge is 2.33. The molecule has 2 N–H and O–H groups in total. The molecule has 0 aliphatic carbocycles. The summed E-state index contributed by atoms with van der Waals surface area (Å²) in [5.74, 6) is -1.09. The van der Waals surface area contributed by atoms with Crippen molar-refractivity contribution in [3.8, 4) is 0 Å². The number of morpholine rings is 1. The molecule has 1 aromatic heterocycles. The molecule has 7 heteroatoms. The normalized spacial score (nSPS) is 25.5. The van der Waals surface area contributed by atoms with E-state index in [0.29, 0.717) is 36.0 Å². The number of aromatic amines is 1. The van der Waals surface area contributed by atoms with Gasteiger partial charge in [0.25, 0.3) is 5.91 Å². The van der Waals surface area contributed by atoms with Crippen LogP contribution in [0, 0.1) is 13.8 Å². The van der Waals surface area contributed by atoms with Crippen LogP contribution in [0.15, 0.2) is 0 Å². The van der Waals surface area contributed by atoms with Crippen molar-refractivity contribution in [3.05, 3.63) is 22.5 Å². The number of piperidine rings is 1. The molecule has 0 bridgehead atoms. The van der Waals surface area contributed by atoms with E-state index in [1.807, 2.05) is 4.90 Å². The Kier molecular flexibility index (Phi) is 5.39. The molecule has 0 unspecified atom stereocenters. The van der Waals surface area contributed by atoms with Gasteiger partial charge in [-0.3, -0.25) is 9.69 Å². The van der Waals surface area contributed by atoms with E-state index in [-0.39, 0.29) is 23.8 Å². The van der Waals surface area contributed by atoms with Crippen LogP contribution in [0.1, 0.15) is 58.8 Å². The minimum atomic E-state index is -1.03. The standard InChI is InChI=1S/C19H29N3O4/c1-11-9-22(10-12(2)26-11)15-5-7-21(8-6-15)18(23)16-13(3)17(19(24)25)20-14(16)4/h11-12,15,20H,5-10H2,1-4H3,(H,24,25)/t11-,12+. The van der Waals surface area contributed by atoms with Gasteiger partial charge >= 0.3 is 5.97 Å². The van der Waals surface area contributed by atoms with Crippen LogP contribution in [0.2, 0.25) is 0 Å². The summed E-state index contributed by atoms with van der Waals surface area (Å²) in [6.45, 7) is 11.0. The Morgan fingerprint density at radius 1 is 1.12 bits per heavy atom. The van der Waals surface area contributed by atoms with Gasteiger partial charge in [0.15, 0.2) is 0 Å². The number of likely N-dealkylation sites (tertiary alicyclic amines) is 1. The van der Waals surface area contributed by atoms with Gasteiger partial charge in [-0.25, -0.2) is 4.79 Å². The van der Waals surface area contributed by atoms with Gasteiger partial charge < -0.3 is 19.7 Å². The summed E-state index contributed by atoms with van der Waals surface area (Å²) in [6.07, 6.45) is 2.38. The first-order chi connectivity index (χ1) is 12.3. The summed E-state index contributed by atoms with van der Waals surface area (Å²) in [5, 5.41) is 9.25. The number of aryl methyl sites for hydroxylation is 1. The number of amides is 1. The Labute approximate surface area is 154 Å². The van der Waals surface area contributed by atoms with Gasteiger partial charge in [-0.2, -0.15) is 0 Å². The molecule has 0 spiro atoms. The summed E-state index contributed by atoms with van der Waals surface area (Å²) < 4.78 is 5.81. The van der Waals surface area contributed by atoms with Crippen LogP contribution in [-0.4, -0.2) is 76.2 Å². The Morgan fingerprint density at radius 2 is 1.69 bits per heavy atom. The van der Waals surface area contributed by atoms with Gasteiger partial charge in [0.05, 0.1) is 17.8 Å². The van der Waals surface area contributed by atoms with E-state index in [9.17, 15) is 14.7 Å². The Hall–Kier alpha value is -1.86. The predicted molar refractivity (Wildman–Crippen MR) is 97.7 cm³/mol. The lowest BCUT2D eigenvalue weighted by Crippen LogP contribution is -2.53. The minimum absolute atomic E-state index is 0.0640. The molecule has 7 nitrogen and oxygen atoms in total. The number of hydrogen-bond acceptors (Lipinski definition) is 4. The molecule has 2 atom stereocenters. The van der Waals surface area contributed by atoms with E-state index in [0.717, 1.165) is 25.9 Å². The van der Waals surface area contributed by atoms with E-state index in [1.54, 1.807) is 13.8 Å². The van der Waals surface area contributed by atoms with Crippen molar-refractivity contribution in [2.24, 2.45) is 0 Å². The van der Waals surface area contributed by atoms with Crippen LogP contribution >= 0.6 is 0 Å². The molecular weight excluding hydrogens is 334 g/mol. The summed E-state index contributed by atoms with van der Waals surface area (Å²) in [6, 6.07) is 0.482. The van der Waals surface area contributed by atoms with Crippen molar-refractivity contribution < 1.29 is 19.4 Å². The second-order valence-electron chi connectivity index (χ2n) is 7.66. The smallest absolute Gasteiger partial charge is 0.352 e. The van der Waals surface area contributed by atoms with E-state index < -0.39 is 5.97 Å². The number of carbonyl (C=O) groups is 2. The number of aromatic nitrogens is 1. The summed E-state index contributed by atoms with van der Waals surface area (Å²) in [4.78, 5) is 31.4. The highest BCUT2D eigenvalue weighted by Crippen LogP contribution is 2.25. The molecular formula is C19H29N3O4. The molecule has 2 aliphatic heterocycles. The quantitative estimate of drug-likeness (QED) is 0.858. The fraction of sp³-hybridized carbons (Fsp3) is 0.684. The average Bonchev–Trinajstić information content (AvgIpc) is 2.88. The predicted octanol–water partition coefficient (Wildman–Crippen LogP) is 2.04. The third kappa shape index (κ3) is 3.64. The number of carboxylic acid groups (broad SMARTS) is 1. The molecule has 2 fully saturated rings. The fourth-order valence-electron chi connectivity index (χ4n) is 4.39. The van der Waals surface area contributed by atoms with Gasteiger partial charge in [-0.1, -0.05) is 0 Å². The lowest BCUT2D eigenvalue weighted by atomic mass is 9.99. The largest absolute Gasteiger partial charge is 0.477 e. The average molecular weight is 363 g/mol. The second kappa shape index (κ2) is 7.40. The van der Waals surface area contributed by atoms with Crippen molar-refractivity contribution >= 4 is 11.9 Å². The molecule has 1 amide bonds. The first kappa shape index (κ1) is 18.9. The maximum absolute atomic E-state index is 12.9. The number of nitrogens with zero attached hydrogens (tertiary/aromatic N) is 2. The number of aromatic carboxylic acids is 1. The van der Waals surface area contributed by atoms with Gasteiger partial charge in [-0.15, -0.1) is 0 Å². The van der Waals surface area contributed by atoms with Gasteiger partial charge in [0, 0.05) is 37.9 Å². The van der Waals surface area contributed by atoms with Crippen LogP contribution in [0.4, 0.5) is 0 Å². The number of ether oxygens (including phenoxy) is 1. The molecule has 26 heavy (non-hydrogen) atoms. The van der Waals surface area contributed by atoms with Crippen LogP contribution in [0.25, 0.3) is 0 Å². The van der Waals surface area contributed by atoms with Crippen molar-refractivity contribution in [2.75, 3.05) is 26.2 Å². The SMILES string of the molecule is Cc1[nH]c(C(=O)O)c(C)c1C(=O)N1CCC(N2C[C@@H](C)O[C@@H](C)C2)CC1. The van der Waals surface area contributed by atoms with Crippen LogP contribution in [-0.2, 0) is 4.74 Å². The van der Waals surface area contributed by atoms with Crippen molar-refractivity contribution in [1.29, 1.82) is 0 Å². The zero-order chi connectivity index (χ0) is 19.0. The minimum Gasteiger partial charge on any atom is -0.477 e. The lowest BCUT2D eigenvalue weighted by Gasteiger charge is -2.43. The van der Waals surface area contributed by atoms with Gasteiger partial charge in [0.2, 0.25) is 0 Å². The first-order valence-corrected chi connectivity index (χ1v) is 9.39. The van der Waals surface area contributed by atoms with Crippen molar-refractivity contribution in [1.82, 2.24) is 14.8 Å².